The molecule has 2 unspecified atom stereocenters. The summed E-state index contributed by atoms with van der Waals surface area (Å²) in [6.45, 7) is 6.59. The molecule has 0 aromatic heterocycles. The van der Waals surface area contributed by atoms with Crippen LogP contribution in [-0.4, -0.2) is 62.3 Å². The van der Waals surface area contributed by atoms with Crippen molar-refractivity contribution in [1.82, 2.24) is 10.2 Å². The topological polar surface area (TPSA) is 24.5 Å². The van der Waals surface area contributed by atoms with Gasteiger partial charge in [0.2, 0.25) is 0 Å². The SMILES string of the molecule is CCCNCC1CCC(CN(C)CCSC)O1. The highest BCUT2D eigenvalue weighted by atomic mass is 32.2. The molecule has 0 bridgehead atoms. The zero-order valence-corrected chi connectivity index (χ0v) is 12.4. The minimum absolute atomic E-state index is 0.445. The van der Waals surface area contributed by atoms with Crippen LogP contribution in [-0.2, 0) is 4.74 Å². The lowest BCUT2D eigenvalue weighted by atomic mass is 10.2. The van der Waals surface area contributed by atoms with Gasteiger partial charge in [0.25, 0.3) is 0 Å². The van der Waals surface area contributed by atoms with E-state index in [-0.39, 0.29) is 0 Å². The van der Waals surface area contributed by atoms with Crippen LogP contribution in [0.25, 0.3) is 0 Å². The number of ether oxygens (including phenoxy) is 1. The third-order valence-corrected chi connectivity index (χ3v) is 3.78. The predicted molar refractivity (Wildman–Crippen MR) is 76.9 cm³/mol. The number of likely N-dealkylation sites (N-methyl/N-ethyl adjacent to an activating group) is 1. The van der Waals surface area contributed by atoms with E-state index in [1.165, 1.54) is 31.6 Å². The summed E-state index contributed by atoms with van der Waals surface area (Å²) >= 11 is 1.91. The minimum Gasteiger partial charge on any atom is -0.372 e. The average molecular weight is 260 g/mol. The van der Waals surface area contributed by atoms with Crippen LogP contribution in [0.2, 0.25) is 0 Å². The van der Waals surface area contributed by atoms with E-state index in [0.717, 1.165) is 19.6 Å². The molecule has 1 aliphatic heterocycles. The van der Waals surface area contributed by atoms with Gasteiger partial charge in [0, 0.05) is 25.4 Å². The van der Waals surface area contributed by atoms with Crippen molar-refractivity contribution in [2.75, 3.05) is 45.2 Å². The Morgan fingerprint density at radius 3 is 2.82 bits per heavy atom. The van der Waals surface area contributed by atoms with Gasteiger partial charge in [-0.1, -0.05) is 6.92 Å². The molecule has 0 aromatic rings. The van der Waals surface area contributed by atoms with Gasteiger partial charge in [0.15, 0.2) is 0 Å². The van der Waals surface area contributed by atoms with Gasteiger partial charge in [-0.25, -0.2) is 0 Å². The summed E-state index contributed by atoms with van der Waals surface area (Å²) in [5.41, 5.74) is 0. The maximum Gasteiger partial charge on any atom is 0.0707 e. The maximum atomic E-state index is 6.05. The van der Waals surface area contributed by atoms with Crippen LogP contribution >= 0.6 is 11.8 Å². The van der Waals surface area contributed by atoms with Gasteiger partial charge in [-0.05, 0) is 39.1 Å². The van der Waals surface area contributed by atoms with Crippen LogP contribution < -0.4 is 5.32 Å². The third-order valence-electron chi connectivity index (χ3n) is 3.19. The molecule has 2 atom stereocenters. The minimum atomic E-state index is 0.445. The van der Waals surface area contributed by atoms with E-state index in [1.807, 2.05) is 11.8 Å². The highest BCUT2D eigenvalue weighted by Crippen LogP contribution is 2.19. The van der Waals surface area contributed by atoms with Gasteiger partial charge >= 0.3 is 0 Å². The van der Waals surface area contributed by atoms with Crippen LogP contribution in [0, 0.1) is 0 Å². The predicted octanol–water partition coefficient (Wildman–Crippen LogP) is 1.83. The van der Waals surface area contributed by atoms with Crippen LogP contribution in [0.5, 0.6) is 0 Å². The summed E-state index contributed by atoms with van der Waals surface area (Å²) in [5, 5.41) is 3.44. The Hall–Kier alpha value is 0.230. The fraction of sp³-hybridized carbons (Fsp3) is 1.00. The fourth-order valence-electron chi connectivity index (χ4n) is 2.19. The third kappa shape index (κ3) is 6.65. The van der Waals surface area contributed by atoms with E-state index >= 15 is 0 Å². The van der Waals surface area contributed by atoms with Gasteiger partial charge in [0.1, 0.15) is 0 Å². The zero-order chi connectivity index (χ0) is 12.5. The molecule has 0 saturated carbocycles. The molecule has 1 saturated heterocycles. The zero-order valence-electron chi connectivity index (χ0n) is 11.6. The summed E-state index contributed by atoms with van der Waals surface area (Å²) in [4.78, 5) is 2.39. The van der Waals surface area contributed by atoms with E-state index in [0.29, 0.717) is 12.2 Å². The van der Waals surface area contributed by atoms with Gasteiger partial charge < -0.3 is 15.0 Å². The molecule has 17 heavy (non-hydrogen) atoms. The van der Waals surface area contributed by atoms with Gasteiger partial charge in [-0.2, -0.15) is 11.8 Å². The number of thioether (sulfide) groups is 1. The number of hydrogen-bond acceptors (Lipinski definition) is 4. The van der Waals surface area contributed by atoms with Crippen LogP contribution in [0.1, 0.15) is 26.2 Å². The molecule has 1 rings (SSSR count). The molecule has 0 aromatic carbocycles. The molecular weight excluding hydrogens is 232 g/mol. The number of nitrogens with zero attached hydrogens (tertiary/aromatic N) is 1. The van der Waals surface area contributed by atoms with Crippen LogP contribution in [0.4, 0.5) is 0 Å². The van der Waals surface area contributed by atoms with E-state index in [1.54, 1.807) is 0 Å². The molecule has 4 heteroatoms. The number of rotatable bonds is 9. The Morgan fingerprint density at radius 2 is 2.12 bits per heavy atom. The summed E-state index contributed by atoms with van der Waals surface area (Å²) in [5.74, 6) is 1.21. The van der Waals surface area contributed by atoms with Crippen molar-refractivity contribution in [2.24, 2.45) is 0 Å². The monoisotopic (exact) mass is 260 g/mol. The second-order valence-corrected chi connectivity index (χ2v) is 5.90. The molecule has 0 amide bonds. The van der Waals surface area contributed by atoms with Crippen molar-refractivity contribution < 1.29 is 4.74 Å². The first-order valence-electron chi connectivity index (χ1n) is 6.80. The van der Waals surface area contributed by atoms with Crippen molar-refractivity contribution in [2.45, 2.75) is 38.4 Å². The van der Waals surface area contributed by atoms with Gasteiger partial charge in [-0.15, -0.1) is 0 Å². The largest absolute Gasteiger partial charge is 0.372 e. The quantitative estimate of drug-likeness (QED) is 0.639. The summed E-state index contributed by atoms with van der Waals surface area (Å²) in [6.07, 6.45) is 6.71. The van der Waals surface area contributed by atoms with Gasteiger partial charge in [-0.3, -0.25) is 0 Å². The molecular formula is C13H28N2OS. The standard InChI is InChI=1S/C13H28N2OS/c1-4-7-14-10-12-5-6-13(16-12)11-15(2)8-9-17-3/h12-14H,4-11H2,1-3H3. The smallest absolute Gasteiger partial charge is 0.0707 e. The van der Waals surface area contributed by atoms with Crippen molar-refractivity contribution >= 4 is 11.8 Å². The second-order valence-electron chi connectivity index (χ2n) is 4.92. The van der Waals surface area contributed by atoms with E-state index in [2.05, 4.69) is 30.4 Å². The highest BCUT2D eigenvalue weighted by Gasteiger charge is 2.25. The first kappa shape index (κ1) is 15.3. The molecule has 0 radical (unpaired) electrons. The Balaban J connectivity index is 2.08. The van der Waals surface area contributed by atoms with Crippen molar-refractivity contribution in [3.8, 4) is 0 Å². The lowest BCUT2D eigenvalue weighted by Crippen LogP contribution is -2.33. The van der Waals surface area contributed by atoms with Crippen molar-refractivity contribution in [3.05, 3.63) is 0 Å². The molecule has 1 N–H and O–H groups in total. The number of nitrogens with one attached hydrogen (secondary N) is 1. The highest BCUT2D eigenvalue weighted by molar-refractivity contribution is 7.98. The van der Waals surface area contributed by atoms with Crippen molar-refractivity contribution in [3.63, 3.8) is 0 Å². The fourth-order valence-corrected chi connectivity index (χ4v) is 2.68. The molecule has 1 fully saturated rings. The molecule has 1 aliphatic rings. The van der Waals surface area contributed by atoms with E-state index in [9.17, 15) is 0 Å². The summed E-state index contributed by atoms with van der Waals surface area (Å²) < 4.78 is 6.05. The lowest BCUT2D eigenvalue weighted by Gasteiger charge is -2.21. The first-order valence-corrected chi connectivity index (χ1v) is 8.19. The normalized spacial score (nSPS) is 24.7. The Morgan fingerprint density at radius 1 is 1.35 bits per heavy atom. The molecule has 0 spiro atoms. The maximum absolute atomic E-state index is 6.05. The summed E-state index contributed by atoms with van der Waals surface area (Å²) in [7, 11) is 2.20. The molecule has 3 nitrogen and oxygen atoms in total. The first-order chi connectivity index (χ1) is 8.26. The molecule has 102 valence electrons. The van der Waals surface area contributed by atoms with E-state index in [4.69, 9.17) is 4.74 Å². The van der Waals surface area contributed by atoms with Gasteiger partial charge in [0.05, 0.1) is 12.2 Å². The Kier molecular flexibility index (Phi) is 8.27. The van der Waals surface area contributed by atoms with Crippen LogP contribution in [0.15, 0.2) is 0 Å². The number of hydrogen-bond donors (Lipinski definition) is 1. The van der Waals surface area contributed by atoms with Crippen LogP contribution in [0.3, 0.4) is 0 Å². The Labute approximate surface area is 111 Å². The van der Waals surface area contributed by atoms with E-state index < -0.39 is 0 Å². The molecule has 0 aliphatic carbocycles. The van der Waals surface area contributed by atoms with Crippen molar-refractivity contribution in [1.29, 1.82) is 0 Å². The Bertz CT molecular complexity index is 192. The second kappa shape index (κ2) is 9.20. The molecule has 1 heterocycles. The average Bonchev–Trinajstić information content (AvgIpc) is 2.74. The lowest BCUT2D eigenvalue weighted by molar-refractivity contribution is 0.0290. The summed E-state index contributed by atoms with van der Waals surface area (Å²) in [6, 6.07) is 0.